The number of aromatic nitrogens is 3. The van der Waals surface area contributed by atoms with Crippen LogP contribution in [0.1, 0.15) is 37.3 Å². The Morgan fingerprint density at radius 1 is 1.26 bits per heavy atom. The number of hydrogen-bond acceptors (Lipinski definition) is 5. The van der Waals surface area contributed by atoms with Crippen molar-refractivity contribution in [1.82, 2.24) is 15.2 Å². The normalized spacial score (nSPS) is 21.4. The van der Waals surface area contributed by atoms with Crippen molar-refractivity contribution in [3.05, 3.63) is 30.0 Å². The highest BCUT2D eigenvalue weighted by Gasteiger charge is 2.25. The zero-order valence-electron chi connectivity index (χ0n) is 13.3. The Labute approximate surface area is 136 Å². The Morgan fingerprint density at radius 3 is 3.00 bits per heavy atom. The molecule has 0 aromatic carbocycles. The maximum atomic E-state index is 5.84. The Kier molecular flexibility index (Phi) is 3.91. The highest BCUT2D eigenvalue weighted by atomic mass is 15.2. The molecule has 2 aliphatic rings. The maximum absolute atomic E-state index is 5.84. The zero-order valence-corrected chi connectivity index (χ0v) is 13.3. The molecule has 1 atom stereocenters. The van der Waals surface area contributed by atoms with Crippen LogP contribution in [0.5, 0.6) is 0 Å². The molecule has 122 valence electrons. The van der Waals surface area contributed by atoms with Crippen molar-refractivity contribution in [2.75, 3.05) is 29.9 Å². The van der Waals surface area contributed by atoms with E-state index in [1.807, 2.05) is 12.1 Å². The fourth-order valence-electron chi connectivity index (χ4n) is 3.27. The fourth-order valence-corrected chi connectivity index (χ4v) is 3.27. The minimum atomic E-state index is 0.578. The number of nitrogens with zero attached hydrogens (tertiary/aromatic N) is 3. The topological polar surface area (TPSA) is 82.9 Å². The number of aromatic amines is 1. The van der Waals surface area contributed by atoms with Gasteiger partial charge in [-0.05, 0) is 50.3 Å². The van der Waals surface area contributed by atoms with Crippen LogP contribution in [0.25, 0.3) is 0 Å². The summed E-state index contributed by atoms with van der Waals surface area (Å²) in [5.74, 6) is 3.96. The first-order valence-corrected chi connectivity index (χ1v) is 8.56. The number of anilines is 3. The van der Waals surface area contributed by atoms with Crippen molar-refractivity contribution >= 4 is 17.5 Å². The Hall–Kier alpha value is -2.08. The zero-order chi connectivity index (χ0) is 15.6. The SMILES string of the molecule is NC[C@H]1CCCN(c2cccc(Nc3cc(C4CC4)[nH]n3)n2)C1. The maximum Gasteiger partial charge on any atom is 0.153 e. The molecule has 0 unspecified atom stereocenters. The third-order valence-corrected chi connectivity index (χ3v) is 4.78. The summed E-state index contributed by atoms with van der Waals surface area (Å²) in [7, 11) is 0. The van der Waals surface area contributed by atoms with Crippen LogP contribution in [0.3, 0.4) is 0 Å². The summed E-state index contributed by atoms with van der Waals surface area (Å²) >= 11 is 0. The van der Waals surface area contributed by atoms with E-state index in [-0.39, 0.29) is 0 Å². The van der Waals surface area contributed by atoms with E-state index in [0.717, 1.165) is 37.1 Å². The Balaban J connectivity index is 1.46. The van der Waals surface area contributed by atoms with Crippen LogP contribution in [0.15, 0.2) is 24.3 Å². The van der Waals surface area contributed by atoms with Gasteiger partial charge in [-0.25, -0.2) is 4.98 Å². The van der Waals surface area contributed by atoms with E-state index in [1.165, 1.54) is 31.4 Å². The molecule has 6 nitrogen and oxygen atoms in total. The van der Waals surface area contributed by atoms with E-state index in [0.29, 0.717) is 11.8 Å². The van der Waals surface area contributed by atoms with E-state index in [4.69, 9.17) is 10.7 Å². The molecule has 0 amide bonds. The summed E-state index contributed by atoms with van der Waals surface area (Å²) in [6, 6.07) is 8.20. The van der Waals surface area contributed by atoms with Gasteiger partial charge in [0.25, 0.3) is 0 Å². The molecule has 2 aromatic rings. The van der Waals surface area contributed by atoms with Gasteiger partial charge in [0.2, 0.25) is 0 Å². The molecule has 2 aromatic heterocycles. The van der Waals surface area contributed by atoms with Gasteiger partial charge >= 0.3 is 0 Å². The Bertz CT molecular complexity index is 663. The molecule has 1 aliphatic heterocycles. The summed E-state index contributed by atoms with van der Waals surface area (Å²) in [6.07, 6.45) is 4.95. The quantitative estimate of drug-likeness (QED) is 0.790. The molecule has 0 bridgehead atoms. The third-order valence-electron chi connectivity index (χ3n) is 4.78. The second kappa shape index (κ2) is 6.20. The lowest BCUT2D eigenvalue weighted by atomic mass is 9.98. The number of pyridine rings is 1. The first kappa shape index (κ1) is 14.5. The largest absolute Gasteiger partial charge is 0.356 e. The summed E-state index contributed by atoms with van der Waals surface area (Å²) in [4.78, 5) is 7.09. The molecule has 6 heteroatoms. The smallest absolute Gasteiger partial charge is 0.153 e. The first-order valence-electron chi connectivity index (χ1n) is 8.56. The van der Waals surface area contributed by atoms with Gasteiger partial charge in [0.15, 0.2) is 5.82 Å². The van der Waals surface area contributed by atoms with Crippen molar-refractivity contribution in [2.24, 2.45) is 11.7 Å². The number of rotatable bonds is 5. The van der Waals surface area contributed by atoms with Gasteiger partial charge in [0.1, 0.15) is 11.6 Å². The molecule has 2 fully saturated rings. The van der Waals surface area contributed by atoms with Gasteiger partial charge in [-0.1, -0.05) is 6.07 Å². The monoisotopic (exact) mass is 312 g/mol. The first-order chi connectivity index (χ1) is 11.3. The number of nitrogens with one attached hydrogen (secondary N) is 2. The molecule has 1 saturated carbocycles. The van der Waals surface area contributed by atoms with E-state index in [9.17, 15) is 0 Å². The van der Waals surface area contributed by atoms with Crippen molar-refractivity contribution in [3.63, 3.8) is 0 Å². The number of piperidine rings is 1. The van der Waals surface area contributed by atoms with Crippen LogP contribution in [0.2, 0.25) is 0 Å². The highest BCUT2D eigenvalue weighted by Crippen LogP contribution is 2.39. The molecule has 1 saturated heterocycles. The van der Waals surface area contributed by atoms with Gasteiger partial charge in [-0.3, -0.25) is 5.10 Å². The lowest BCUT2D eigenvalue weighted by Crippen LogP contribution is -2.38. The standard InChI is InChI=1S/C17H24N6/c18-10-12-3-2-8-23(11-12)17-5-1-4-15(20-17)19-16-9-14(21-22-16)13-6-7-13/h1,4-5,9,12-13H,2-3,6-8,10-11,18H2,(H2,19,20,21,22)/t12-/m1/s1. The van der Waals surface area contributed by atoms with Crippen molar-refractivity contribution in [3.8, 4) is 0 Å². The van der Waals surface area contributed by atoms with Gasteiger partial charge in [-0.15, -0.1) is 0 Å². The van der Waals surface area contributed by atoms with Crippen molar-refractivity contribution < 1.29 is 0 Å². The fraction of sp³-hybridized carbons (Fsp3) is 0.529. The van der Waals surface area contributed by atoms with Crippen LogP contribution < -0.4 is 16.0 Å². The average molecular weight is 312 g/mol. The predicted octanol–water partition coefficient (Wildman–Crippen LogP) is 2.60. The van der Waals surface area contributed by atoms with Crippen molar-refractivity contribution in [2.45, 2.75) is 31.6 Å². The van der Waals surface area contributed by atoms with Gasteiger partial charge in [-0.2, -0.15) is 5.10 Å². The predicted molar refractivity (Wildman–Crippen MR) is 92.1 cm³/mol. The van der Waals surface area contributed by atoms with E-state index in [1.54, 1.807) is 0 Å². The summed E-state index contributed by atoms with van der Waals surface area (Å²) in [6.45, 7) is 2.81. The number of H-pyrrole nitrogens is 1. The molecule has 23 heavy (non-hydrogen) atoms. The van der Waals surface area contributed by atoms with Crippen LogP contribution in [0, 0.1) is 5.92 Å². The van der Waals surface area contributed by atoms with Crippen LogP contribution in [-0.4, -0.2) is 34.8 Å². The van der Waals surface area contributed by atoms with Crippen LogP contribution in [-0.2, 0) is 0 Å². The van der Waals surface area contributed by atoms with Gasteiger partial charge < -0.3 is 16.0 Å². The molecule has 0 spiro atoms. The Morgan fingerprint density at radius 2 is 2.17 bits per heavy atom. The molecule has 4 N–H and O–H groups in total. The van der Waals surface area contributed by atoms with Crippen molar-refractivity contribution in [1.29, 1.82) is 0 Å². The average Bonchev–Trinajstić information content (AvgIpc) is 3.35. The molecule has 4 rings (SSSR count). The molecular formula is C17H24N6. The summed E-state index contributed by atoms with van der Waals surface area (Å²) < 4.78 is 0. The van der Waals surface area contributed by atoms with Crippen LogP contribution >= 0.6 is 0 Å². The van der Waals surface area contributed by atoms with E-state index >= 15 is 0 Å². The van der Waals surface area contributed by atoms with E-state index in [2.05, 4.69) is 32.5 Å². The van der Waals surface area contributed by atoms with Crippen LogP contribution in [0.4, 0.5) is 17.5 Å². The van der Waals surface area contributed by atoms with Gasteiger partial charge in [0, 0.05) is 30.8 Å². The third kappa shape index (κ3) is 3.32. The second-order valence-electron chi connectivity index (χ2n) is 6.68. The lowest BCUT2D eigenvalue weighted by Gasteiger charge is -2.33. The number of hydrogen-bond donors (Lipinski definition) is 3. The second-order valence-corrected chi connectivity index (χ2v) is 6.68. The molecule has 3 heterocycles. The summed E-state index contributed by atoms with van der Waals surface area (Å²) in [5, 5.41) is 10.8. The minimum Gasteiger partial charge on any atom is -0.356 e. The minimum absolute atomic E-state index is 0.578. The highest BCUT2D eigenvalue weighted by molar-refractivity contribution is 5.55. The van der Waals surface area contributed by atoms with E-state index < -0.39 is 0 Å². The van der Waals surface area contributed by atoms with Gasteiger partial charge in [0.05, 0.1) is 0 Å². The molecular weight excluding hydrogens is 288 g/mol. The molecule has 1 aliphatic carbocycles. The summed E-state index contributed by atoms with van der Waals surface area (Å²) in [5.41, 5.74) is 7.06. The number of nitrogens with two attached hydrogens (primary N) is 1. The lowest BCUT2D eigenvalue weighted by molar-refractivity contribution is 0.422. The molecule has 0 radical (unpaired) electrons.